The number of likely N-dealkylation sites (tertiary alicyclic amines) is 1. The molecule has 3 unspecified atom stereocenters. The van der Waals surface area contributed by atoms with Crippen molar-refractivity contribution >= 4 is 11.9 Å². The van der Waals surface area contributed by atoms with Gasteiger partial charge >= 0.3 is 5.97 Å². The fourth-order valence-electron chi connectivity index (χ4n) is 3.74. The minimum Gasteiger partial charge on any atom is -0.481 e. The van der Waals surface area contributed by atoms with Gasteiger partial charge < -0.3 is 10.0 Å². The van der Waals surface area contributed by atoms with Gasteiger partial charge in [0.05, 0.1) is 11.8 Å². The van der Waals surface area contributed by atoms with E-state index in [2.05, 4.69) is 20.8 Å². The van der Waals surface area contributed by atoms with Gasteiger partial charge in [-0.2, -0.15) is 0 Å². The number of nitrogens with zero attached hydrogens (tertiary/aromatic N) is 1. The summed E-state index contributed by atoms with van der Waals surface area (Å²) in [4.78, 5) is 26.0. The van der Waals surface area contributed by atoms with Crippen molar-refractivity contribution in [3.8, 4) is 0 Å². The molecule has 108 valence electrons. The summed E-state index contributed by atoms with van der Waals surface area (Å²) in [6.07, 6.45) is 4.42. The van der Waals surface area contributed by atoms with E-state index < -0.39 is 11.9 Å². The zero-order chi connectivity index (χ0) is 14.2. The number of carbonyl (C=O) groups is 2. The summed E-state index contributed by atoms with van der Waals surface area (Å²) in [5.74, 6) is -1.12. The Kier molecular flexibility index (Phi) is 3.88. The van der Waals surface area contributed by atoms with E-state index in [1.54, 1.807) is 0 Å². The van der Waals surface area contributed by atoms with Crippen LogP contribution in [0.4, 0.5) is 0 Å². The predicted molar refractivity (Wildman–Crippen MR) is 72.7 cm³/mol. The summed E-state index contributed by atoms with van der Waals surface area (Å²) < 4.78 is 0. The van der Waals surface area contributed by atoms with Crippen molar-refractivity contribution in [3.63, 3.8) is 0 Å². The van der Waals surface area contributed by atoms with Gasteiger partial charge in [-0.15, -0.1) is 0 Å². The molecule has 4 nitrogen and oxygen atoms in total. The molecular weight excluding hydrogens is 242 g/mol. The Morgan fingerprint density at radius 1 is 1.26 bits per heavy atom. The van der Waals surface area contributed by atoms with E-state index in [1.165, 1.54) is 0 Å². The second-order valence-electron chi connectivity index (χ2n) is 6.70. The maximum absolute atomic E-state index is 12.7. The minimum absolute atomic E-state index is 0.0749. The summed E-state index contributed by atoms with van der Waals surface area (Å²) in [6, 6.07) is 0. The first-order valence-electron chi connectivity index (χ1n) is 7.41. The second kappa shape index (κ2) is 5.14. The molecule has 1 aliphatic heterocycles. The summed E-state index contributed by atoms with van der Waals surface area (Å²) in [5.41, 5.74) is -0.107. The van der Waals surface area contributed by atoms with Crippen molar-refractivity contribution in [2.75, 3.05) is 6.54 Å². The molecule has 2 rings (SSSR count). The number of carboxylic acid groups (broad SMARTS) is 1. The van der Waals surface area contributed by atoms with Crippen molar-refractivity contribution < 1.29 is 14.7 Å². The van der Waals surface area contributed by atoms with Gasteiger partial charge in [-0.05, 0) is 45.4 Å². The van der Waals surface area contributed by atoms with Gasteiger partial charge in [-0.3, -0.25) is 9.59 Å². The fourth-order valence-corrected chi connectivity index (χ4v) is 3.74. The third-order valence-corrected chi connectivity index (χ3v) is 5.04. The zero-order valence-electron chi connectivity index (χ0n) is 12.2. The normalized spacial score (nSPS) is 33.6. The molecule has 1 saturated heterocycles. The lowest BCUT2D eigenvalue weighted by atomic mass is 9.92. The average Bonchev–Trinajstić information content (AvgIpc) is 2.91. The maximum atomic E-state index is 12.7. The topological polar surface area (TPSA) is 57.6 Å². The first-order chi connectivity index (χ1) is 8.86. The first-order valence-corrected chi connectivity index (χ1v) is 7.41. The SMILES string of the molecule is CCC1CC(C(=O)O)C(C(=O)N2CCCC2(C)C)C1. The Bertz CT molecular complexity index is 378. The number of carbonyl (C=O) groups excluding carboxylic acids is 1. The average molecular weight is 267 g/mol. The Hall–Kier alpha value is -1.06. The molecule has 0 spiro atoms. The monoisotopic (exact) mass is 267 g/mol. The quantitative estimate of drug-likeness (QED) is 0.854. The van der Waals surface area contributed by atoms with Crippen LogP contribution >= 0.6 is 0 Å². The molecule has 2 fully saturated rings. The highest BCUT2D eigenvalue weighted by Gasteiger charge is 2.46. The van der Waals surface area contributed by atoms with E-state index >= 15 is 0 Å². The smallest absolute Gasteiger partial charge is 0.307 e. The van der Waals surface area contributed by atoms with E-state index in [0.717, 1.165) is 32.2 Å². The predicted octanol–water partition coefficient (Wildman–Crippen LogP) is 2.52. The standard InChI is InChI=1S/C15H25NO3/c1-4-10-8-11(12(9-10)14(18)19)13(17)16-7-5-6-15(16,2)3/h10-12H,4-9H2,1-3H3,(H,18,19). The molecule has 1 saturated carbocycles. The van der Waals surface area contributed by atoms with Crippen LogP contribution in [0.2, 0.25) is 0 Å². The van der Waals surface area contributed by atoms with E-state index in [4.69, 9.17) is 0 Å². The van der Waals surface area contributed by atoms with Crippen LogP contribution in [0.3, 0.4) is 0 Å². The van der Waals surface area contributed by atoms with Gasteiger partial charge in [0.15, 0.2) is 0 Å². The van der Waals surface area contributed by atoms with E-state index in [-0.39, 0.29) is 17.4 Å². The minimum atomic E-state index is -0.800. The highest BCUT2D eigenvalue weighted by atomic mass is 16.4. The molecular formula is C15H25NO3. The molecule has 1 heterocycles. The molecule has 1 amide bonds. The van der Waals surface area contributed by atoms with Crippen LogP contribution in [-0.4, -0.2) is 34.0 Å². The molecule has 0 aromatic rings. The van der Waals surface area contributed by atoms with Crippen LogP contribution in [-0.2, 0) is 9.59 Å². The number of carboxylic acids is 1. The van der Waals surface area contributed by atoms with Gasteiger partial charge in [0.2, 0.25) is 5.91 Å². The molecule has 1 aliphatic carbocycles. The molecule has 2 aliphatic rings. The first kappa shape index (κ1) is 14.4. The molecule has 19 heavy (non-hydrogen) atoms. The van der Waals surface area contributed by atoms with Gasteiger partial charge in [0, 0.05) is 12.1 Å². The molecule has 1 N–H and O–H groups in total. The van der Waals surface area contributed by atoms with Crippen LogP contribution in [0.1, 0.15) is 52.9 Å². The molecule has 0 aromatic heterocycles. The van der Waals surface area contributed by atoms with Crippen molar-refractivity contribution in [3.05, 3.63) is 0 Å². The molecule has 3 atom stereocenters. The van der Waals surface area contributed by atoms with Crippen molar-refractivity contribution in [1.82, 2.24) is 4.90 Å². The van der Waals surface area contributed by atoms with Gasteiger partial charge in [0.1, 0.15) is 0 Å². The number of hydrogen-bond acceptors (Lipinski definition) is 2. The van der Waals surface area contributed by atoms with Crippen LogP contribution in [0.15, 0.2) is 0 Å². The van der Waals surface area contributed by atoms with Gasteiger partial charge in [0.25, 0.3) is 0 Å². The van der Waals surface area contributed by atoms with Gasteiger partial charge in [-0.1, -0.05) is 13.3 Å². The van der Waals surface area contributed by atoms with Crippen LogP contribution < -0.4 is 0 Å². The number of rotatable bonds is 3. The largest absolute Gasteiger partial charge is 0.481 e. The third kappa shape index (κ3) is 2.63. The van der Waals surface area contributed by atoms with Crippen molar-refractivity contribution in [2.24, 2.45) is 17.8 Å². The fraction of sp³-hybridized carbons (Fsp3) is 0.867. The summed E-state index contributed by atoms with van der Waals surface area (Å²) in [6.45, 7) is 7.03. The molecule has 0 radical (unpaired) electrons. The Balaban J connectivity index is 2.15. The van der Waals surface area contributed by atoms with Crippen LogP contribution in [0.5, 0.6) is 0 Å². The van der Waals surface area contributed by atoms with Gasteiger partial charge in [-0.25, -0.2) is 0 Å². The molecule has 4 heteroatoms. The summed E-state index contributed by atoms with van der Waals surface area (Å²) in [5, 5.41) is 9.35. The highest BCUT2D eigenvalue weighted by molar-refractivity contribution is 5.86. The summed E-state index contributed by atoms with van der Waals surface area (Å²) >= 11 is 0. The van der Waals surface area contributed by atoms with E-state index in [0.29, 0.717) is 12.3 Å². The Morgan fingerprint density at radius 2 is 1.89 bits per heavy atom. The summed E-state index contributed by atoms with van der Waals surface area (Å²) in [7, 11) is 0. The number of amides is 1. The lowest BCUT2D eigenvalue weighted by Gasteiger charge is -2.34. The zero-order valence-corrected chi connectivity index (χ0v) is 12.2. The van der Waals surface area contributed by atoms with Crippen LogP contribution in [0.25, 0.3) is 0 Å². The maximum Gasteiger partial charge on any atom is 0.307 e. The Labute approximate surface area is 115 Å². The van der Waals surface area contributed by atoms with E-state index in [1.807, 2.05) is 4.90 Å². The lowest BCUT2D eigenvalue weighted by molar-refractivity contribution is -0.150. The Morgan fingerprint density at radius 3 is 2.37 bits per heavy atom. The third-order valence-electron chi connectivity index (χ3n) is 5.04. The van der Waals surface area contributed by atoms with Crippen LogP contribution in [0, 0.1) is 17.8 Å². The van der Waals surface area contributed by atoms with Crippen molar-refractivity contribution in [1.29, 1.82) is 0 Å². The number of hydrogen-bond donors (Lipinski definition) is 1. The van der Waals surface area contributed by atoms with E-state index in [9.17, 15) is 14.7 Å². The molecule has 0 bridgehead atoms. The second-order valence-corrected chi connectivity index (χ2v) is 6.70. The highest BCUT2D eigenvalue weighted by Crippen LogP contribution is 2.41. The van der Waals surface area contributed by atoms with Crippen molar-refractivity contribution in [2.45, 2.75) is 58.4 Å². The molecule has 0 aromatic carbocycles. The number of aliphatic carboxylic acids is 1. The lowest BCUT2D eigenvalue weighted by Crippen LogP contribution is -2.47.